The lowest BCUT2D eigenvalue weighted by Crippen LogP contribution is -2.34. The number of para-hydroxylation sites is 1. The first kappa shape index (κ1) is 15.5. The second-order valence-corrected chi connectivity index (χ2v) is 6.63. The van der Waals surface area contributed by atoms with Crippen molar-refractivity contribution < 1.29 is 4.74 Å². The Morgan fingerprint density at radius 3 is 3.00 bits per heavy atom. The maximum Gasteiger partial charge on any atom is 0.153 e. The quantitative estimate of drug-likeness (QED) is 0.782. The van der Waals surface area contributed by atoms with Crippen molar-refractivity contribution in [3.63, 3.8) is 0 Å². The third-order valence-corrected chi connectivity index (χ3v) is 4.69. The van der Waals surface area contributed by atoms with Crippen LogP contribution in [-0.2, 0) is 0 Å². The van der Waals surface area contributed by atoms with Gasteiger partial charge in [0.2, 0.25) is 0 Å². The molecule has 2 heterocycles. The molecule has 1 fully saturated rings. The van der Waals surface area contributed by atoms with E-state index >= 15 is 0 Å². The van der Waals surface area contributed by atoms with Crippen molar-refractivity contribution in [2.45, 2.75) is 13.3 Å². The smallest absolute Gasteiger partial charge is 0.153 e. The predicted molar refractivity (Wildman–Crippen MR) is 98.0 cm³/mol. The van der Waals surface area contributed by atoms with Crippen molar-refractivity contribution in [1.29, 1.82) is 0 Å². The van der Waals surface area contributed by atoms with E-state index < -0.39 is 0 Å². The van der Waals surface area contributed by atoms with Crippen LogP contribution in [0.5, 0.6) is 11.5 Å². The van der Waals surface area contributed by atoms with Gasteiger partial charge in [-0.15, -0.1) is 0 Å². The van der Waals surface area contributed by atoms with Crippen LogP contribution in [0.3, 0.4) is 0 Å². The topological polar surface area (TPSA) is 36.9 Å². The molecule has 2 aromatic rings. The summed E-state index contributed by atoms with van der Waals surface area (Å²) in [6.07, 6.45) is 1.10. The Morgan fingerprint density at radius 2 is 2.08 bits per heavy atom. The van der Waals surface area contributed by atoms with Gasteiger partial charge in [0.05, 0.1) is 5.56 Å². The Morgan fingerprint density at radius 1 is 1.17 bits per heavy atom. The molecule has 5 heteroatoms. The van der Waals surface area contributed by atoms with Crippen molar-refractivity contribution >= 4 is 23.1 Å². The molecule has 0 unspecified atom stereocenters. The molecule has 0 atom stereocenters. The van der Waals surface area contributed by atoms with E-state index in [1.807, 2.05) is 18.2 Å². The number of aliphatic imine (C=N–C) groups is 1. The highest BCUT2D eigenvalue weighted by Gasteiger charge is 2.24. The molecule has 0 aromatic heterocycles. The van der Waals surface area contributed by atoms with Gasteiger partial charge in [0.15, 0.2) is 5.75 Å². The zero-order valence-corrected chi connectivity index (χ0v) is 14.4. The Bertz CT molecular complexity index is 795. The number of aryl methyl sites for hydroxylation is 1. The Kier molecular flexibility index (Phi) is 4.17. The molecule has 0 bridgehead atoms. The van der Waals surface area contributed by atoms with Crippen LogP contribution in [0.15, 0.2) is 41.4 Å². The molecule has 0 radical (unpaired) electrons. The first-order valence-electron chi connectivity index (χ1n) is 8.34. The van der Waals surface area contributed by atoms with Gasteiger partial charge in [-0.2, -0.15) is 0 Å². The first-order chi connectivity index (χ1) is 11.7. The lowest BCUT2D eigenvalue weighted by molar-refractivity contribution is 0.444. The van der Waals surface area contributed by atoms with E-state index in [1.54, 1.807) is 0 Å². The van der Waals surface area contributed by atoms with Crippen molar-refractivity contribution in [1.82, 2.24) is 10.2 Å². The number of ether oxygens (including phenoxy) is 1. The first-order valence-corrected chi connectivity index (χ1v) is 8.72. The van der Waals surface area contributed by atoms with Crippen LogP contribution >= 0.6 is 11.6 Å². The zero-order valence-electron chi connectivity index (χ0n) is 13.7. The number of nitrogens with one attached hydrogen (secondary N) is 1. The number of nitrogens with zero attached hydrogens (tertiary/aromatic N) is 2. The van der Waals surface area contributed by atoms with Crippen LogP contribution in [-0.4, -0.2) is 36.9 Å². The van der Waals surface area contributed by atoms with Crippen LogP contribution in [0.1, 0.15) is 17.5 Å². The van der Waals surface area contributed by atoms with Crippen LogP contribution in [0.25, 0.3) is 0 Å². The number of benzene rings is 2. The molecule has 2 aliphatic heterocycles. The molecule has 4 rings (SSSR count). The number of hydrogen-bond donors (Lipinski definition) is 1. The highest BCUT2D eigenvalue weighted by Crippen LogP contribution is 2.40. The molecule has 0 saturated carbocycles. The lowest BCUT2D eigenvalue weighted by Gasteiger charge is -2.24. The number of hydrogen-bond acceptors (Lipinski definition) is 4. The summed E-state index contributed by atoms with van der Waals surface area (Å²) in [7, 11) is 0. The fourth-order valence-electron chi connectivity index (χ4n) is 3.21. The van der Waals surface area contributed by atoms with Gasteiger partial charge in [-0.3, -0.25) is 0 Å². The fourth-order valence-corrected chi connectivity index (χ4v) is 3.38. The van der Waals surface area contributed by atoms with Crippen molar-refractivity contribution in [3.05, 3.63) is 52.5 Å². The van der Waals surface area contributed by atoms with E-state index in [0.29, 0.717) is 5.02 Å². The Hall–Kier alpha value is -2.04. The van der Waals surface area contributed by atoms with Crippen molar-refractivity contribution in [2.24, 2.45) is 4.99 Å². The zero-order chi connectivity index (χ0) is 16.5. The van der Waals surface area contributed by atoms with Crippen LogP contribution in [0, 0.1) is 6.92 Å². The molecule has 1 saturated heterocycles. The molecular weight excluding hydrogens is 322 g/mol. The lowest BCUT2D eigenvalue weighted by atomic mass is 10.1. The van der Waals surface area contributed by atoms with E-state index in [2.05, 4.69) is 35.3 Å². The summed E-state index contributed by atoms with van der Waals surface area (Å²) in [5.41, 5.74) is 2.94. The van der Waals surface area contributed by atoms with E-state index in [9.17, 15) is 0 Å². The summed E-state index contributed by atoms with van der Waals surface area (Å²) in [6.45, 7) is 5.99. The van der Waals surface area contributed by atoms with Crippen LogP contribution in [0.4, 0.5) is 5.69 Å². The number of fused-ring (bicyclic) bond motifs is 2. The second kappa shape index (κ2) is 6.46. The SMILES string of the molecule is Cc1cccc2c1Oc1ccc(Cl)cc1N=C2N1CCCNCC1. The number of halogens is 1. The Balaban J connectivity index is 1.89. The minimum atomic E-state index is 0.667. The molecule has 1 N–H and O–H groups in total. The summed E-state index contributed by atoms with van der Waals surface area (Å²) >= 11 is 6.18. The largest absolute Gasteiger partial charge is 0.454 e. The molecule has 4 nitrogen and oxygen atoms in total. The maximum absolute atomic E-state index is 6.23. The highest BCUT2D eigenvalue weighted by molar-refractivity contribution is 6.31. The average molecular weight is 342 g/mol. The summed E-state index contributed by atoms with van der Waals surface area (Å²) < 4.78 is 6.23. The van der Waals surface area contributed by atoms with Gasteiger partial charge in [0.1, 0.15) is 17.3 Å². The minimum absolute atomic E-state index is 0.667. The van der Waals surface area contributed by atoms with Crippen LogP contribution < -0.4 is 10.1 Å². The van der Waals surface area contributed by atoms with Gasteiger partial charge < -0.3 is 15.0 Å². The van der Waals surface area contributed by atoms with Gasteiger partial charge in [-0.25, -0.2) is 4.99 Å². The van der Waals surface area contributed by atoms with Gasteiger partial charge >= 0.3 is 0 Å². The molecule has 0 aliphatic carbocycles. The molecule has 2 aliphatic rings. The standard InChI is InChI=1S/C19H20ClN3O/c1-13-4-2-5-15-18(13)24-17-7-6-14(20)12-16(17)22-19(15)23-10-3-8-21-9-11-23/h2,4-7,12,21H,3,8-11H2,1H3. The van der Waals surface area contributed by atoms with E-state index in [1.165, 1.54) is 0 Å². The van der Waals surface area contributed by atoms with E-state index in [-0.39, 0.29) is 0 Å². The summed E-state index contributed by atoms with van der Waals surface area (Å²) in [4.78, 5) is 7.30. The third-order valence-electron chi connectivity index (χ3n) is 4.45. The summed E-state index contributed by atoms with van der Waals surface area (Å²) in [5.74, 6) is 2.60. The molecule has 0 spiro atoms. The van der Waals surface area contributed by atoms with Crippen molar-refractivity contribution in [3.8, 4) is 11.5 Å². The van der Waals surface area contributed by atoms with Gasteiger partial charge in [0.25, 0.3) is 0 Å². The van der Waals surface area contributed by atoms with Gasteiger partial charge in [-0.1, -0.05) is 23.7 Å². The number of amidine groups is 1. The highest BCUT2D eigenvalue weighted by atomic mass is 35.5. The molecule has 24 heavy (non-hydrogen) atoms. The van der Waals surface area contributed by atoms with Crippen molar-refractivity contribution in [2.75, 3.05) is 26.2 Å². The maximum atomic E-state index is 6.23. The minimum Gasteiger partial charge on any atom is -0.454 e. The third kappa shape index (κ3) is 2.87. The number of rotatable bonds is 0. The fraction of sp³-hybridized carbons (Fsp3) is 0.316. The monoisotopic (exact) mass is 341 g/mol. The molecular formula is C19H20ClN3O. The predicted octanol–water partition coefficient (Wildman–Crippen LogP) is 4.13. The van der Waals surface area contributed by atoms with Crippen LogP contribution in [0.2, 0.25) is 5.02 Å². The normalized spacial score (nSPS) is 17.1. The van der Waals surface area contributed by atoms with E-state index in [0.717, 1.165) is 66.7 Å². The van der Waals surface area contributed by atoms with Gasteiger partial charge in [0, 0.05) is 24.7 Å². The second-order valence-electron chi connectivity index (χ2n) is 6.19. The Labute approximate surface area is 147 Å². The summed E-state index contributed by atoms with van der Waals surface area (Å²) in [6, 6.07) is 11.8. The summed E-state index contributed by atoms with van der Waals surface area (Å²) in [5, 5.41) is 4.11. The molecule has 124 valence electrons. The van der Waals surface area contributed by atoms with Gasteiger partial charge in [-0.05, 0) is 49.7 Å². The van der Waals surface area contributed by atoms with E-state index in [4.69, 9.17) is 21.3 Å². The molecule has 2 aromatic carbocycles. The molecule has 0 amide bonds. The average Bonchev–Trinajstić information content (AvgIpc) is 2.93.